The van der Waals surface area contributed by atoms with E-state index in [1.54, 1.807) is 12.1 Å². The molecule has 0 aromatic heterocycles. The molecule has 0 fully saturated rings. The van der Waals surface area contributed by atoms with Crippen LogP contribution in [0.1, 0.15) is 10.4 Å². The Balaban J connectivity index is 3.00. The van der Waals surface area contributed by atoms with Crippen molar-refractivity contribution in [2.75, 3.05) is 12.0 Å². The van der Waals surface area contributed by atoms with Crippen LogP contribution < -0.4 is 0 Å². The molecule has 5 heteroatoms. The highest BCUT2D eigenvalue weighted by molar-refractivity contribution is 7.85. The highest BCUT2D eigenvalue weighted by Crippen LogP contribution is 2.21. The first-order chi connectivity index (χ1) is 6.50. The summed E-state index contributed by atoms with van der Waals surface area (Å²) in [6, 6.07) is 4.64. The Kier molecular flexibility index (Phi) is 4.11. The van der Waals surface area contributed by atoms with Crippen molar-refractivity contribution in [1.29, 1.82) is 0 Å². The molecule has 1 unspecified atom stereocenters. The van der Waals surface area contributed by atoms with Gasteiger partial charge < -0.3 is 0 Å². The van der Waals surface area contributed by atoms with E-state index in [9.17, 15) is 9.00 Å². The van der Waals surface area contributed by atoms with Crippen LogP contribution in [0, 0.1) is 0 Å². The molecule has 0 aliphatic carbocycles. The standard InChI is InChI=1S/C9H8Cl2O2S/c1-14(13)5-9(12)7-4-6(10)2-3-8(7)11/h2-4H,5H2,1H3. The van der Waals surface area contributed by atoms with Gasteiger partial charge in [-0.2, -0.15) is 0 Å². The van der Waals surface area contributed by atoms with Gasteiger partial charge in [-0.3, -0.25) is 9.00 Å². The van der Waals surface area contributed by atoms with E-state index in [0.29, 0.717) is 15.6 Å². The van der Waals surface area contributed by atoms with Crippen LogP contribution in [0.4, 0.5) is 0 Å². The molecule has 0 radical (unpaired) electrons. The minimum atomic E-state index is -1.16. The summed E-state index contributed by atoms with van der Waals surface area (Å²) in [5.41, 5.74) is 0.328. The largest absolute Gasteiger partial charge is 0.293 e. The molecule has 0 saturated heterocycles. The zero-order chi connectivity index (χ0) is 10.7. The molecule has 0 amide bonds. The lowest BCUT2D eigenvalue weighted by Crippen LogP contribution is -2.10. The molecule has 1 rings (SSSR count). The summed E-state index contributed by atoms with van der Waals surface area (Å²) >= 11 is 11.5. The van der Waals surface area contributed by atoms with Gasteiger partial charge in [0, 0.05) is 27.6 Å². The van der Waals surface area contributed by atoms with E-state index in [0.717, 1.165) is 0 Å². The van der Waals surface area contributed by atoms with Crippen molar-refractivity contribution in [2.45, 2.75) is 0 Å². The Labute approximate surface area is 94.7 Å². The average Bonchev–Trinajstić information content (AvgIpc) is 2.08. The third-order valence-electron chi connectivity index (χ3n) is 1.56. The van der Waals surface area contributed by atoms with Crippen LogP contribution >= 0.6 is 23.2 Å². The van der Waals surface area contributed by atoms with Gasteiger partial charge >= 0.3 is 0 Å². The zero-order valence-electron chi connectivity index (χ0n) is 7.42. The molecular weight excluding hydrogens is 243 g/mol. The first-order valence-electron chi connectivity index (χ1n) is 3.79. The maximum absolute atomic E-state index is 11.5. The second-order valence-corrected chi connectivity index (χ2v) is 5.04. The zero-order valence-corrected chi connectivity index (χ0v) is 9.75. The molecule has 0 heterocycles. The number of carbonyl (C=O) groups is 1. The van der Waals surface area contributed by atoms with Crippen molar-refractivity contribution in [3.63, 3.8) is 0 Å². The Morgan fingerprint density at radius 2 is 2.07 bits per heavy atom. The van der Waals surface area contributed by atoms with Crippen molar-refractivity contribution < 1.29 is 9.00 Å². The minimum Gasteiger partial charge on any atom is -0.293 e. The highest BCUT2D eigenvalue weighted by atomic mass is 35.5. The number of ketones is 1. The summed E-state index contributed by atoms with van der Waals surface area (Å²) in [5, 5.41) is 0.782. The number of halogens is 2. The maximum atomic E-state index is 11.5. The van der Waals surface area contributed by atoms with Crippen LogP contribution in [0.25, 0.3) is 0 Å². The van der Waals surface area contributed by atoms with Crippen LogP contribution in [-0.2, 0) is 10.8 Å². The summed E-state index contributed by atoms with van der Waals surface area (Å²) in [6.45, 7) is 0. The van der Waals surface area contributed by atoms with Crippen LogP contribution in [0.2, 0.25) is 10.0 Å². The molecule has 0 N–H and O–H groups in total. The van der Waals surface area contributed by atoms with E-state index in [-0.39, 0.29) is 11.5 Å². The highest BCUT2D eigenvalue weighted by Gasteiger charge is 2.12. The summed E-state index contributed by atoms with van der Waals surface area (Å²) in [4.78, 5) is 11.5. The van der Waals surface area contributed by atoms with Gasteiger partial charge in [-0.1, -0.05) is 23.2 Å². The minimum absolute atomic E-state index is 0.0277. The van der Waals surface area contributed by atoms with Gasteiger partial charge in [-0.15, -0.1) is 0 Å². The van der Waals surface area contributed by atoms with Gasteiger partial charge in [0.15, 0.2) is 5.78 Å². The topological polar surface area (TPSA) is 34.1 Å². The van der Waals surface area contributed by atoms with Crippen molar-refractivity contribution in [3.8, 4) is 0 Å². The monoisotopic (exact) mass is 250 g/mol. The van der Waals surface area contributed by atoms with Gasteiger partial charge in [0.1, 0.15) is 0 Å². The number of rotatable bonds is 3. The predicted octanol–water partition coefficient (Wildman–Crippen LogP) is 2.55. The fourth-order valence-electron chi connectivity index (χ4n) is 0.974. The van der Waals surface area contributed by atoms with Crippen molar-refractivity contribution >= 4 is 39.8 Å². The number of benzene rings is 1. The Bertz CT molecular complexity index is 390. The lowest BCUT2D eigenvalue weighted by Gasteiger charge is -2.02. The molecule has 0 spiro atoms. The van der Waals surface area contributed by atoms with Gasteiger partial charge in [0.2, 0.25) is 0 Å². The third-order valence-corrected chi connectivity index (χ3v) is 2.80. The number of carbonyl (C=O) groups excluding carboxylic acids is 1. The molecule has 0 aliphatic heterocycles. The summed E-state index contributed by atoms with van der Waals surface area (Å²) < 4.78 is 10.8. The average molecular weight is 251 g/mol. The van der Waals surface area contributed by atoms with Crippen LogP contribution in [0.3, 0.4) is 0 Å². The Morgan fingerprint density at radius 3 is 2.64 bits per heavy atom. The maximum Gasteiger partial charge on any atom is 0.176 e. The first-order valence-corrected chi connectivity index (χ1v) is 6.27. The lowest BCUT2D eigenvalue weighted by molar-refractivity contribution is 0.102. The molecule has 1 aromatic carbocycles. The Hall–Kier alpha value is -0.380. The second kappa shape index (κ2) is 4.91. The summed E-state index contributed by atoms with van der Waals surface area (Å²) in [6.07, 6.45) is 1.47. The molecule has 76 valence electrons. The molecule has 1 atom stereocenters. The number of hydrogen-bond acceptors (Lipinski definition) is 2. The third kappa shape index (κ3) is 3.08. The first kappa shape index (κ1) is 11.7. The van der Waals surface area contributed by atoms with Gasteiger partial charge in [-0.05, 0) is 18.2 Å². The quantitative estimate of drug-likeness (QED) is 0.773. The van der Waals surface area contributed by atoms with Crippen molar-refractivity contribution in [1.82, 2.24) is 0 Å². The van der Waals surface area contributed by atoms with Gasteiger partial charge in [0.05, 0.1) is 10.8 Å². The van der Waals surface area contributed by atoms with Crippen LogP contribution in [-0.4, -0.2) is 22.0 Å². The van der Waals surface area contributed by atoms with E-state index in [4.69, 9.17) is 23.2 Å². The molecule has 0 bridgehead atoms. The van der Waals surface area contributed by atoms with Crippen LogP contribution in [0.15, 0.2) is 18.2 Å². The summed E-state index contributed by atoms with van der Waals surface area (Å²) in [5.74, 6) is -0.279. The lowest BCUT2D eigenvalue weighted by atomic mass is 10.1. The molecule has 2 nitrogen and oxygen atoms in total. The van der Waals surface area contributed by atoms with Crippen molar-refractivity contribution in [2.24, 2.45) is 0 Å². The second-order valence-electron chi connectivity index (χ2n) is 2.76. The van der Waals surface area contributed by atoms with Crippen molar-refractivity contribution in [3.05, 3.63) is 33.8 Å². The molecular formula is C9H8Cl2O2S. The Morgan fingerprint density at radius 1 is 1.43 bits per heavy atom. The normalized spacial score (nSPS) is 12.5. The van der Waals surface area contributed by atoms with E-state index in [2.05, 4.69) is 0 Å². The molecule has 0 saturated carbocycles. The van der Waals surface area contributed by atoms with Gasteiger partial charge in [-0.25, -0.2) is 0 Å². The van der Waals surface area contributed by atoms with E-state index >= 15 is 0 Å². The molecule has 1 aromatic rings. The van der Waals surface area contributed by atoms with Crippen LogP contribution in [0.5, 0.6) is 0 Å². The molecule has 14 heavy (non-hydrogen) atoms. The van der Waals surface area contributed by atoms with Gasteiger partial charge in [0.25, 0.3) is 0 Å². The number of hydrogen-bond donors (Lipinski definition) is 0. The van der Waals surface area contributed by atoms with E-state index in [1.165, 1.54) is 12.3 Å². The van der Waals surface area contributed by atoms with E-state index < -0.39 is 10.8 Å². The summed E-state index contributed by atoms with van der Waals surface area (Å²) in [7, 11) is -1.16. The smallest absolute Gasteiger partial charge is 0.176 e. The SMILES string of the molecule is CS(=O)CC(=O)c1cc(Cl)ccc1Cl. The fraction of sp³-hybridized carbons (Fsp3) is 0.222. The molecule has 0 aliphatic rings. The van der Waals surface area contributed by atoms with E-state index in [1.807, 2.05) is 0 Å². The predicted molar refractivity (Wildman–Crippen MR) is 59.7 cm³/mol. The number of Topliss-reactive ketones (excluding diaryl/α,β-unsaturated/α-hetero) is 1. The fourth-order valence-corrected chi connectivity index (χ4v) is 1.89.